The van der Waals surface area contributed by atoms with Gasteiger partial charge in [0.1, 0.15) is 11.5 Å². The highest BCUT2D eigenvalue weighted by molar-refractivity contribution is 6.32. The monoisotopic (exact) mass is 513 g/mol. The van der Waals surface area contributed by atoms with Crippen LogP contribution in [0.3, 0.4) is 0 Å². The molecule has 34 heavy (non-hydrogen) atoms. The largest absolute Gasteiger partial charge is 0.478 e. The average molecular weight is 514 g/mol. The molecule has 180 valence electrons. The first-order chi connectivity index (χ1) is 15.8. The fourth-order valence-corrected chi connectivity index (χ4v) is 4.37. The number of aryl methyl sites for hydroxylation is 2. The van der Waals surface area contributed by atoms with E-state index in [9.17, 15) is 22.8 Å². The molecule has 2 unspecified atom stereocenters. The minimum atomic E-state index is -4.60. The zero-order chi connectivity index (χ0) is 25.4. The van der Waals surface area contributed by atoms with E-state index in [0.29, 0.717) is 0 Å². The number of benzene rings is 2. The Labute approximate surface area is 203 Å². The van der Waals surface area contributed by atoms with Crippen LogP contribution in [0.15, 0.2) is 53.5 Å². The smallest absolute Gasteiger partial charge is 0.396 e. The van der Waals surface area contributed by atoms with Crippen molar-refractivity contribution in [2.45, 2.75) is 31.9 Å². The summed E-state index contributed by atoms with van der Waals surface area (Å²) in [5, 5.41) is 9.13. The molecule has 0 saturated heterocycles. The van der Waals surface area contributed by atoms with Gasteiger partial charge in [0.25, 0.3) is 5.56 Å². The van der Waals surface area contributed by atoms with Crippen molar-refractivity contribution in [2.75, 3.05) is 0 Å². The zero-order valence-electron chi connectivity index (χ0n) is 18.3. The number of carbonyl (C=O) groups is 1. The van der Waals surface area contributed by atoms with Gasteiger partial charge >= 0.3 is 12.1 Å². The Morgan fingerprint density at radius 1 is 1.09 bits per heavy atom. The molecule has 0 aliphatic carbocycles. The fraction of sp³-hybridized carbons (Fsp3) is 0.250. The van der Waals surface area contributed by atoms with Crippen molar-refractivity contribution in [2.24, 2.45) is 7.05 Å². The number of aromatic carboxylic acids is 1. The Balaban J connectivity index is 1.95. The van der Waals surface area contributed by atoms with E-state index in [4.69, 9.17) is 33.0 Å². The van der Waals surface area contributed by atoms with Gasteiger partial charge in [-0.1, -0.05) is 36.2 Å². The topological polar surface area (TPSA) is 68.5 Å². The summed E-state index contributed by atoms with van der Waals surface area (Å²) >= 11 is 12.4. The lowest BCUT2D eigenvalue weighted by Gasteiger charge is -2.28. The van der Waals surface area contributed by atoms with E-state index in [2.05, 4.69) is 0 Å². The molecule has 3 aromatic rings. The zero-order valence-corrected chi connectivity index (χ0v) is 19.8. The number of ether oxygens (including phenoxy) is 1. The lowest BCUT2D eigenvalue weighted by molar-refractivity contribution is -0.154. The Morgan fingerprint density at radius 3 is 2.29 bits per heavy atom. The number of hydrogen-bond acceptors (Lipinski definition) is 3. The predicted molar refractivity (Wildman–Crippen MR) is 124 cm³/mol. The van der Waals surface area contributed by atoms with Gasteiger partial charge in [-0.05, 0) is 60.4 Å². The van der Waals surface area contributed by atoms with Gasteiger partial charge in [-0.15, -0.1) is 0 Å². The van der Waals surface area contributed by atoms with E-state index < -0.39 is 24.0 Å². The van der Waals surface area contributed by atoms with Gasteiger partial charge in [0.2, 0.25) is 0 Å². The molecular weight excluding hydrogens is 494 g/mol. The molecule has 3 rings (SSSR count). The van der Waals surface area contributed by atoms with Crippen molar-refractivity contribution < 1.29 is 27.8 Å². The maximum absolute atomic E-state index is 14.1. The molecule has 5 nitrogen and oxygen atoms in total. The molecule has 0 bridgehead atoms. The number of rotatable bonds is 6. The maximum Gasteiger partial charge on any atom is 0.396 e. The van der Waals surface area contributed by atoms with Crippen LogP contribution >= 0.6 is 23.2 Å². The molecule has 10 heteroatoms. The maximum atomic E-state index is 14.1. The van der Waals surface area contributed by atoms with E-state index in [0.717, 1.165) is 4.57 Å². The highest BCUT2D eigenvalue weighted by Crippen LogP contribution is 2.46. The highest BCUT2D eigenvalue weighted by atomic mass is 35.5. The molecule has 1 heterocycles. The summed E-state index contributed by atoms with van der Waals surface area (Å²) in [6, 6.07) is 9.43. The highest BCUT2D eigenvalue weighted by Gasteiger charge is 2.45. The van der Waals surface area contributed by atoms with Crippen LogP contribution in [0.25, 0.3) is 0 Å². The van der Waals surface area contributed by atoms with Gasteiger partial charge < -0.3 is 14.4 Å². The number of hydrogen-bond donors (Lipinski definition) is 1. The molecule has 2 atom stereocenters. The fourth-order valence-electron chi connectivity index (χ4n) is 3.80. The van der Waals surface area contributed by atoms with Crippen molar-refractivity contribution in [3.05, 3.63) is 91.3 Å². The summed E-state index contributed by atoms with van der Waals surface area (Å²) in [6.45, 7) is 2.89. The first-order valence-electron chi connectivity index (χ1n) is 10.0. The normalized spacial score (nSPS) is 13.4. The summed E-state index contributed by atoms with van der Waals surface area (Å²) in [4.78, 5) is 23.0. The third kappa shape index (κ3) is 5.39. The summed E-state index contributed by atoms with van der Waals surface area (Å²) < 4.78 is 49.2. The van der Waals surface area contributed by atoms with Crippen molar-refractivity contribution in [1.82, 2.24) is 4.57 Å². The SMILES string of the molecule is Cc1cc(C(C(C)c2ccc(Oc3ccc(C(=O)O)cc3Cl)cc2Cl)C(F)(F)F)cn(C)c1=O. The van der Waals surface area contributed by atoms with Crippen molar-refractivity contribution in [1.29, 1.82) is 0 Å². The lowest BCUT2D eigenvalue weighted by Crippen LogP contribution is -2.29. The Hall–Kier alpha value is -2.97. The molecule has 2 aromatic carbocycles. The second-order valence-electron chi connectivity index (χ2n) is 7.92. The van der Waals surface area contributed by atoms with Crippen LogP contribution < -0.4 is 10.3 Å². The van der Waals surface area contributed by atoms with E-state index in [1.165, 1.54) is 69.6 Å². The van der Waals surface area contributed by atoms with Crippen molar-refractivity contribution in [3.8, 4) is 11.5 Å². The van der Waals surface area contributed by atoms with E-state index >= 15 is 0 Å². The van der Waals surface area contributed by atoms with Crippen LogP contribution in [-0.4, -0.2) is 21.8 Å². The van der Waals surface area contributed by atoms with Gasteiger partial charge in [0, 0.05) is 23.8 Å². The summed E-state index contributed by atoms with van der Waals surface area (Å²) in [7, 11) is 1.41. The number of pyridine rings is 1. The van der Waals surface area contributed by atoms with E-state index in [-0.39, 0.29) is 49.4 Å². The minimum absolute atomic E-state index is 0.0219. The lowest BCUT2D eigenvalue weighted by atomic mass is 9.82. The standard InChI is InChI=1S/C24H20Cl2F3NO4/c1-12-8-15(11-30(3)22(12)31)21(24(27,28)29)13(2)17-6-5-16(10-18(17)25)34-20-7-4-14(23(32)33)9-19(20)26/h4-11,13,21H,1-3H3,(H,32,33). The van der Waals surface area contributed by atoms with E-state index in [1.807, 2.05) is 0 Å². The first kappa shape index (κ1) is 25.6. The molecule has 0 fully saturated rings. The Morgan fingerprint density at radius 2 is 1.76 bits per heavy atom. The molecule has 1 N–H and O–H groups in total. The number of halogens is 5. The number of carboxylic acid groups (broad SMARTS) is 1. The molecule has 0 radical (unpaired) electrons. The van der Waals surface area contributed by atoms with Crippen LogP contribution in [0, 0.1) is 6.92 Å². The van der Waals surface area contributed by atoms with Crippen LogP contribution in [0.4, 0.5) is 13.2 Å². The average Bonchev–Trinajstić information content (AvgIpc) is 2.72. The molecule has 0 spiro atoms. The van der Waals surface area contributed by atoms with E-state index in [1.54, 1.807) is 0 Å². The summed E-state index contributed by atoms with van der Waals surface area (Å²) in [5.74, 6) is -3.75. The van der Waals surface area contributed by atoms with Gasteiger partial charge in [0.05, 0.1) is 16.5 Å². The molecule has 1 aromatic heterocycles. The molecule has 0 amide bonds. The third-order valence-electron chi connectivity index (χ3n) is 5.46. The van der Waals surface area contributed by atoms with Crippen LogP contribution in [-0.2, 0) is 7.05 Å². The Bertz CT molecular complexity index is 1280. The van der Waals surface area contributed by atoms with Crippen molar-refractivity contribution >= 4 is 29.2 Å². The van der Waals surface area contributed by atoms with Gasteiger partial charge in [-0.3, -0.25) is 4.79 Å². The van der Waals surface area contributed by atoms with Gasteiger partial charge in [-0.2, -0.15) is 13.2 Å². The first-order valence-corrected chi connectivity index (χ1v) is 10.8. The summed E-state index contributed by atoms with van der Waals surface area (Å²) in [6.07, 6.45) is -3.40. The third-order valence-corrected chi connectivity index (χ3v) is 6.09. The predicted octanol–water partition coefficient (Wildman–Crippen LogP) is 6.94. The quantitative estimate of drug-likeness (QED) is 0.387. The molecule has 0 aliphatic rings. The van der Waals surface area contributed by atoms with Gasteiger partial charge in [-0.25, -0.2) is 4.79 Å². The van der Waals surface area contributed by atoms with Crippen LogP contribution in [0.1, 0.15) is 45.8 Å². The van der Waals surface area contributed by atoms with Gasteiger partial charge in [0.15, 0.2) is 0 Å². The second-order valence-corrected chi connectivity index (χ2v) is 8.73. The number of nitrogens with zero attached hydrogens (tertiary/aromatic N) is 1. The number of carboxylic acids is 1. The second kappa shape index (κ2) is 9.72. The number of aromatic nitrogens is 1. The minimum Gasteiger partial charge on any atom is -0.478 e. The molecule has 0 aliphatic heterocycles. The summed E-state index contributed by atoms with van der Waals surface area (Å²) in [5.41, 5.74) is 0.0249. The number of alkyl halides is 3. The Kier molecular flexibility index (Phi) is 7.33. The van der Waals surface area contributed by atoms with Crippen LogP contribution in [0.5, 0.6) is 11.5 Å². The van der Waals surface area contributed by atoms with Crippen LogP contribution in [0.2, 0.25) is 10.0 Å². The van der Waals surface area contributed by atoms with Crippen molar-refractivity contribution in [3.63, 3.8) is 0 Å². The molecule has 0 saturated carbocycles. The molecular formula is C24H20Cl2F3NO4.